The monoisotopic (exact) mass is 311 g/mol. The lowest BCUT2D eigenvalue weighted by Crippen LogP contribution is -2.37. The Hall–Kier alpha value is -1.94. The van der Waals surface area contributed by atoms with Crippen molar-refractivity contribution < 1.29 is 0 Å². The van der Waals surface area contributed by atoms with Crippen molar-refractivity contribution in [3.8, 4) is 11.1 Å². The fourth-order valence-corrected chi connectivity index (χ4v) is 3.37. The van der Waals surface area contributed by atoms with Crippen molar-refractivity contribution in [1.29, 1.82) is 0 Å². The Morgan fingerprint density at radius 3 is 2.57 bits per heavy atom. The van der Waals surface area contributed by atoms with Gasteiger partial charge in [0, 0.05) is 12.7 Å². The minimum absolute atomic E-state index is 0.0229. The third kappa shape index (κ3) is 3.88. The van der Waals surface area contributed by atoms with Crippen LogP contribution in [0.4, 0.5) is 0 Å². The van der Waals surface area contributed by atoms with E-state index in [1.807, 2.05) is 36.4 Å². The first-order chi connectivity index (χ1) is 11.3. The maximum atomic E-state index is 12.7. The molecule has 0 N–H and O–H groups in total. The fourth-order valence-electron chi connectivity index (χ4n) is 3.37. The van der Waals surface area contributed by atoms with Gasteiger partial charge in [-0.2, -0.15) is 5.10 Å². The third-order valence-electron chi connectivity index (χ3n) is 4.68. The van der Waals surface area contributed by atoms with E-state index in [9.17, 15) is 4.79 Å². The Morgan fingerprint density at radius 2 is 1.87 bits per heavy atom. The summed E-state index contributed by atoms with van der Waals surface area (Å²) in [5.41, 5.74) is 1.73. The van der Waals surface area contributed by atoms with Crippen molar-refractivity contribution in [2.45, 2.75) is 32.7 Å². The molecule has 1 saturated heterocycles. The van der Waals surface area contributed by atoms with Gasteiger partial charge in [-0.15, -0.1) is 0 Å². The molecule has 23 heavy (non-hydrogen) atoms. The first-order valence-electron chi connectivity index (χ1n) is 8.62. The summed E-state index contributed by atoms with van der Waals surface area (Å²) in [7, 11) is 0. The van der Waals surface area contributed by atoms with Gasteiger partial charge < -0.3 is 4.90 Å². The van der Waals surface area contributed by atoms with E-state index in [0.717, 1.165) is 43.6 Å². The highest BCUT2D eigenvalue weighted by Gasteiger charge is 2.20. The second kappa shape index (κ2) is 7.55. The smallest absolute Gasteiger partial charge is 0.274 e. The van der Waals surface area contributed by atoms with E-state index in [1.165, 1.54) is 13.0 Å². The van der Waals surface area contributed by atoms with Gasteiger partial charge in [0.2, 0.25) is 0 Å². The summed E-state index contributed by atoms with van der Waals surface area (Å²) >= 11 is 0. The first kappa shape index (κ1) is 15.9. The van der Waals surface area contributed by atoms with Crippen LogP contribution in [0.1, 0.15) is 26.2 Å². The van der Waals surface area contributed by atoms with Crippen molar-refractivity contribution in [1.82, 2.24) is 14.7 Å². The van der Waals surface area contributed by atoms with E-state index in [-0.39, 0.29) is 5.56 Å². The summed E-state index contributed by atoms with van der Waals surface area (Å²) in [4.78, 5) is 15.2. The molecule has 0 spiro atoms. The Morgan fingerprint density at radius 1 is 1.13 bits per heavy atom. The summed E-state index contributed by atoms with van der Waals surface area (Å²) in [6.45, 7) is 6.44. The molecule has 0 saturated carbocycles. The molecule has 2 aromatic rings. The Bertz CT molecular complexity index is 673. The minimum Gasteiger partial charge on any atom is -0.303 e. The molecule has 1 fully saturated rings. The lowest BCUT2D eigenvalue weighted by atomic mass is 9.96. The number of aromatic nitrogens is 2. The van der Waals surface area contributed by atoms with Gasteiger partial charge in [0.05, 0.1) is 5.56 Å². The molecule has 1 aliphatic rings. The van der Waals surface area contributed by atoms with E-state index in [2.05, 4.69) is 16.9 Å². The van der Waals surface area contributed by atoms with Crippen molar-refractivity contribution >= 4 is 0 Å². The van der Waals surface area contributed by atoms with Gasteiger partial charge in [0.15, 0.2) is 0 Å². The minimum atomic E-state index is 0.0229. The highest BCUT2D eigenvalue weighted by molar-refractivity contribution is 5.61. The Balaban J connectivity index is 1.71. The summed E-state index contributed by atoms with van der Waals surface area (Å²) in [6.07, 6.45) is 5.27. The lowest BCUT2D eigenvalue weighted by Gasteiger charge is -2.31. The predicted molar refractivity (Wildman–Crippen MR) is 93.4 cm³/mol. The highest BCUT2D eigenvalue weighted by atomic mass is 16.1. The second-order valence-corrected chi connectivity index (χ2v) is 6.38. The molecular formula is C19H25N3O. The van der Waals surface area contributed by atoms with Gasteiger partial charge in [-0.3, -0.25) is 4.79 Å². The molecule has 1 aromatic heterocycles. The SMILES string of the molecule is CCCN1CCC(Cn2nccc(-c3ccccc3)c2=O)CC1. The zero-order valence-electron chi connectivity index (χ0n) is 13.8. The molecule has 0 radical (unpaired) electrons. The number of hydrogen-bond acceptors (Lipinski definition) is 3. The molecule has 0 aliphatic carbocycles. The van der Waals surface area contributed by atoms with Crippen molar-refractivity contribution in [2.24, 2.45) is 5.92 Å². The molecule has 1 aromatic carbocycles. The lowest BCUT2D eigenvalue weighted by molar-refractivity contribution is 0.170. The van der Waals surface area contributed by atoms with Gasteiger partial charge in [0.25, 0.3) is 5.56 Å². The molecule has 0 atom stereocenters. The van der Waals surface area contributed by atoms with Crippen LogP contribution in [0.5, 0.6) is 0 Å². The van der Waals surface area contributed by atoms with Crippen LogP contribution in [0, 0.1) is 5.92 Å². The molecular weight excluding hydrogens is 286 g/mol. The molecule has 4 nitrogen and oxygen atoms in total. The molecule has 1 aliphatic heterocycles. The van der Waals surface area contributed by atoms with E-state index in [0.29, 0.717) is 5.92 Å². The standard InChI is InChI=1S/C19H25N3O/c1-2-12-21-13-9-16(10-14-21)15-22-19(23)18(8-11-20-22)17-6-4-3-5-7-17/h3-8,11,16H,2,9-10,12-15H2,1H3. The van der Waals surface area contributed by atoms with Gasteiger partial charge in [-0.1, -0.05) is 37.3 Å². The van der Waals surface area contributed by atoms with Crippen LogP contribution in [0.15, 0.2) is 47.4 Å². The van der Waals surface area contributed by atoms with Crippen LogP contribution in [0.3, 0.4) is 0 Å². The molecule has 0 bridgehead atoms. The summed E-state index contributed by atoms with van der Waals surface area (Å²) in [6, 6.07) is 11.7. The van der Waals surface area contributed by atoms with Crippen molar-refractivity contribution in [3.63, 3.8) is 0 Å². The predicted octanol–water partition coefficient (Wildman–Crippen LogP) is 3.03. The van der Waals surface area contributed by atoms with Crippen LogP contribution in [-0.4, -0.2) is 34.3 Å². The summed E-state index contributed by atoms with van der Waals surface area (Å²) < 4.78 is 1.66. The van der Waals surface area contributed by atoms with E-state index < -0.39 is 0 Å². The normalized spacial score (nSPS) is 16.6. The van der Waals surface area contributed by atoms with Crippen LogP contribution in [0.25, 0.3) is 11.1 Å². The van der Waals surface area contributed by atoms with E-state index >= 15 is 0 Å². The maximum Gasteiger partial charge on any atom is 0.274 e. The Kier molecular flexibility index (Phi) is 5.23. The van der Waals surface area contributed by atoms with Gasteiger partial charge in [0.1, 0.15) is 0 Å². The molecule has 3 rings (SSSR count). The molecule has 2 heterocycles. The number of benzene rings is 1. The number of piperidine rings is 1. The van der Waals surface area contributed by atoms with E-state index in [4.69, 9.17) is 0 Å². The largest absolute Gasteiger partial charge is 0.303 e. The highest BCUT2D eigenvalue weighted by Crippen LogP contribution is 2.19. The number of rotatable bonds is 5. The van der Waals surface area contributed by atoms with Crippen LogP contribution < -0.4 is 5.56 Å². The van der Waals surface area contributed by atoms with Crippen molar-refractivity contribution in [3.05, 3.63) is 52.9 Å². The summed E-state index contributed by atoms with van der Waals surface area (Å²) in [5, 5.41) is 4.30. The van der Waals surface area contributed by atoms with Crippen LogP contribution in [0.2, 0.25) is 0 Å². The number of nitrogens with zero attached hydrogens (tertiary/aromatic N) is 3. The average Bonchev–Trinajstić information content (AvgIpc) is 2.59. The quantitative estimate of drug-likeness (QED) is 0.852. The molecule has 0 amide bonds. The van der Waals surface area contributed by atoms with Gasteiger partial charge >= 0.3 is 0 Å². The zero-order valence-corrected chi connectivity index (χ0v) is 13.8. The Labute approximate surface area is 137 Å². The third-order valence-corrected chi connectivity index (χ3v) is 4.68. The topological polar surface area (TPSA) is 38.1 Å². The zero-order chi connectivity index (χ0) is 16.1. The molecule has 4 heteroatoms. The maximum absolute atomic E-state index is 12.7. The van der Waals surface area contributed by atoms with Gasteiger partial charge in [-0.25, -0.2) is 4.68 Å². The fraction of sp³-hybridized carbons (Fsp3) is 0.474. The number of likely N-dealkylation sites (tertiary alicyclic amines) is 1. The molecule has 0 unspecified atom stereocenters. The first-order valence-corrected chi connectivity index (χ1v) is 8.62. The van der Waals surface area contributed by atoms with Crippen LogP contribution in [-0.2, 0) is 6.54 Å². The van der Waals surface area contributed by atoms with E-state index in [1.54, 1.807) is 10.9 Å². The average molecular weight is 311 g/mol. The van der Waals surface area contributed by atoms with Crippen molar-refractivity contribution in [2.75, 3.05) is 19.6 Å². The molecule has 122 valence electrons. The second-order valence-electron chi connectivity index (χ2n) is 6.38. The van der Waals surface area contributed by atoms with Gasteiger partial charge in [-0.05, 0) is 56.4 Å². The van der Waals surface area contributed by atoms with Crippen LogP contribution >= 0.6 is 0 Å². The number of hydrogen-bond donors (Lipinski definition) is 0. The summed E-state index contributed by atoms with van der Waals surface area (Å²) in [5.74, 6) is 0.555.